The number of ketones is 1. The summed E-state index contributed by atoms with van der Waals surface area (Å²) in [5, 5.41) is 0. The van der Waals surface area contributed by atoms with E-state index in [-0.39, 0.29) is 5.78 Å². The number of hydrogen-bond donors (Lipinski definition) is 0. The fraction of sp³-hybridized carbons (Fsp3) is 0.350. The maximum Gasteiger partial charge on any atom is 0.194 e. The first-order valence-corrected chi connectivity index (χ1v) is 9.00. The largest absolute Gasteiger partial charge is 0.494 e. The van der Waals surface area contributed by atoms with Crippen molar-refractivity contribution in [2.75, 3.05) is 32.3 Å². The van der Waals surface area contributed by atoms with Crippen LogP contribution in [0, 0.1) is 0 Å². The zero-order chi connectivity index (χ0) is 17.6. The molecule has 132 valence electrons. The third kappa shape index (κ3) is 3.97. The number of carbonyl (C=O) groups excluding carboxylic acids is 1. The standard InChI is InChI=1S/C20H21ClO4/c1-2-8-24-14-3-5-16-17-6-4-15(25-11-10-23-9-7-21)13-19(17)20(22)18(16)12-14/h3-6,12-13H,2,7-11H2,1H3. The average molecular weight is 361 g/mol. The second-order valence-corrected chi connectivity index (χ2v) is 6.12. The van der Waals surface area contributed by atoms with Crippen LogP contribution < -0.4 is 9.47 Å². The first-order valence-electron chi connectivity index (χ1n) is 8.47. The lowest BCUT2D eigenvalue weighted by Crippen LogP contribution is -2.08. The van der Waals surface area contributed by atoms with E-state index in [2.05, 4.69) is 6.92 Å². The highest BCUT2D eigenvalue weighted by molar-refractivity contribution is 6.22. The van der Waals surface area contributed by atoms with Crippen LogP contribution in [0.4, 0.5) is 0 Å². The lowest BCUT2D eigenvalue weighted by atomic mass is 10.1. The van der Waals surface area contributed by atoms with Gasteiger partial charge in [0.2, 0.25) is 0 Å². The molecule has 0 radical (unpaired) electrons. The van der Waals surface area contributed by atoms with E-state index in [0.29, 0.717) is 49.2 Å². The maximum absolute atomic E-state index is 12.7. The molecule has 2 aromatic carbocycles. The van der Waals surface area contributed by atoms with Crippen LogP contribution in [0.1, 0.15) is 29.3 Å². The van der Waals surface area contributed by atoms with Gasteiger partial charge in [0.05, 0.1) is 19.8 Å². The van der Waals surface area contributed by atoms with E-state index in [1.165, 1.54) is 0 Å². The molecule has 0 saturated heterocycles. The summed E-state index contributed by atoms with van der Waals surface area (Å²) in [7, 11) is 0. The molecular weight excluding hydrogens is 340 g/mol. The summed E-state index contributed by atoms with van der Waals surface area (Å²) in [4.78, 5) is 12.7. The van der Waals surface area contributed by atoms with Gasteiger partial charge in [0.1, 0.15) is 18.1 Å². The normalized spacial score (nSPS) is 12.0. The lowest BCUT2D eigenvalue weighted by molar-refractivity contribution is 0.104. The highest BCUT2D eigenvalue weighted by Crippen LogP contribution is 2.39. The molecule has 0 atom stereocenters. The van der Waals surface area contributed by atoms with Crippen molar-refractivity contribution in [3.8, 4) is 22.6 Å². The topological polar surface area (TPSA) is 44.8 Å². The molecule has 0 aromatic heterocycles. The van der Waals surface area contributed by atoms with Gasteiger partial charge in [-0.25, -0.2) is 0 Å². The maximum atomic E-state index is 12.7. The van der Waals surface area contributed by atoms with Crippen LogP contribution in [0.2, 0.25) is 0 Å². The molecule has 0 spiro atoms. The Morgan fingerprint density at radius 2 is 1.40 bits per heavy atom. The van der Waals surface area contributed by atoms with E-state index in [9.17, 15) is 4.79 Å². The molecule has 1 aliphatic carbocycles. The molecule has 0 fully saturated rings. The van der Waals surface area contributed by atoms with Crippen LogP contribution in [0.15, 0.2) is 36.4 Å². The SMILES string of the molecule is CCCOc1ccc2c(c1)C(=O)c1cc(OCCOCCCl)ccc1-2. The Morgan fingerprint density at radius 3 is 1.96 bits per heavy atom. The zero-order valence-corrected chi connectivity index (χ0v) is 15.0. The molecule has 5 heteroatoms. The molecule has 3 rings (SSSR count). The minimum Gasteiger partial charge on any atom is -0.494 e. The summed E-state index contributed by atoms with van der Waals surface area (Å²) in [5.41, 5.74) is 3.24. The molecule has 0 heterocycles. The van der Waals surface area contributed by atoms with Gasteiger partial charge in [-0.1, -0.05) is 6.92 Å². The van der Waals surface area contributed by atoms with Gasteiger partial charge >= 0.3 is 0 Å². The van der Waals surface area contributed by atoms with Crippen molar-refractivity contribution < 1.29 is 19.0 Å². The predicted molar refractivity (Wildman–Crippen MR) is 98.1 cm³/mol. The number of rotatable bonds is 9. The van der Waals surface area contributed by atoms with Crippen molar-refractivity contribution in [3.05, 3.63) is 47.5 Å². The Kier molecular flexibility index (Phi) is 5.95. The van der Waals surface area contributed by atoms with Gasteiger partial charge in [-0.15, -0.1) is 11.6 Å². The Hall–Kier alpha value is -2.04. The summed E-state index contributed by atoms with van der Waals surface area (Å²) in [5.74, 6) is 1.87. The van der Waals surface area contributed by atoms with Crippen LogP contribution in [-0.4, -0.2) is 38.1 Å². The first kappa shape index (κ1) is 17.8. The van der Waals surface area contributed by atoms with Crippen LogP contribution >= 0.6 is 11.6 Å². The van der Waals surface area contributed by atoms with E-state index in [1.54, 1.807) is 6.07 Å². The predicted octanol–water partition coefficient (Wildman–Crippen LogP) is 4.32. The molecule has 0 aliphatic heterocycles. The number of fused-ring (bicyclic) bond motifs is 3. The van der Waals surface area contributed by atoms with Gasteiger partial charge in [0.25, 0.3) is 0 Å². The second-order valence-electron chi connectivity index (χ2n) is 5.74. The fourth-order valence-corrected chi connectivity index (χ4v) is 2.92. The van der Waals surface area contributed by atoms with Gasteiger partial charge in [0.15, 0.2) is 5.78 Å². The smallest absolute Gasteiger partial charge is 0.194 e. The molecule has 0 bridgehead atoms. The highest BCUT2D eigenvalue weighted by Gasteiger charge is 2.27. The second kappa shape index (κ2) is 8.37. The van der Waals surface area contributed by atoms with Crippen LogP contribution in [0.3, 0.4) is 0 Å². The van der Waals surface area contributed by atoms with Gasteiger partial charge in [-0.2, -0.15) is 0 Å². The molecule has 0 unspecified atom stereocenters. The zero-order valence-electron chi connectivity index (χ0n) is 14.2. The highest BCUT2D eigenvalue weighted by atomic mass is 35.5. The van der Waals surface area contributed by atoms with Gasteiger partial charge in [-0.3, -0.25) is 4.79 Å². The Morgan fingerprint density at radius 1 is 0.800 bits per heavy atom. The minimum absolute atomic E-state index is 0.00999. The molecule has 0 N–H and O–H groups in total. The average Bonchev–Trinajstić information content (AvgIpc) is 2.92. The molecule has 4 nitrogen and oxygen atoms in total. The molecule has 25 heavy (non-hydrogen) atoms. The summed E-state index contributed by atoms with van der Waals surface area (Å²) in [6.07, 6.45) is 0.931. The summed E-state index contributed by atoms with van der Waals surface area (Å²) < 4.78 is 16.6. The number of halogens is 1. The van der Waals surface area contributed by atoms with Crippen molar-refractivity contribution in [2.24, 2.45) is 0 Å². The van der Waals surface area contributed by atoms with E-state index < -0.39 is 0 Å². The number of ether oxygens (including phenoxy) is 3. The third-order valence-corrected chi connectivity index (χ3v) is 4.11. The number of carbonyl (C=O) groups is 1. The van der Waals surface area contributed by atoms with Crippen molar-refractivity contribution >= 4 is 17.4 Å². The quantitative estimate of drug-likeness (QED) is 0.421. The van der Waals surface area contributed by atoms with Crippen LogP contribution in [0.5, 0.6) is 11.5 Å². The van der Waals surface area contributed by atoms with E-state index in [1.807, 2.05) is 30.3 Å². The summed E-state index contributed by atoms with van der Waals surface area (Å²) >= 11 is 5.55. The van der Waals surface area contributed by atoms with Gasteiger partial charge in [-0.05, 0) is 53.9 Å². The van der Waals surface area contributed by atoms with Crippen molar-refractivity contribution in [1.82, 2.24) is 0 Å². The lowest BCUT2D eigenvalue weighted by Gasteiger charge is -2.08. The number of alkyl halides is 1. The van der Waals surface area contributed by atoms with E-state index >= 15 is 0 Å². The number of hydrogen-bond acceptors (Lipinski definition) is 4. The Labute approximate surface area is 152 Å². The molecule has 2 aromatic rings. The summed E-state index contributed by atoms with van der Waals surface area (Å²) in [6.45, 7) is 4.09. The van der Waals surface area contributed by atoms with Gasteiger partial charge in [0, 0.05) is 17.0 Å². The molecule has 0 amide bonds. The van der Waals surface area contributed by atoms with E-state index in [0.717, 1.165) is 23.3 Å². The van der Waals surface area contributed by atoms with Gasteiger partial charge < -0.3 is 14.2 Å². The first-order chi connectivity index (χ1) is 12.2. The molecule has 0 saturated carbocycles. The fourth-order valence-electron chi connectivity index (χ4n) is 2.81. The van der Waals surface area contributed by atoms with Crippen molar-refractivity contribution in [3.63, 3.8) is 0 Å². The Balaban J connectivity index is 1.73. The molecule has 1 aliphatic rings. The van der Waals surface area contributed by atoms with E-state index in [4.69, 9.17) is 25.8 Å². The van der Waals surface area contributed by atoms with Crippen LogP contribution in [-0.2, 0) is 4.74 Å². The van der Waals surface area contributed by atoms with Crippen molar-refractivity contribution in [1.29, 1.82) is 0 Å². The van der Waals surface area contributed by atoms with Crippen molar-refractivity contribution in [2.45, 2.75) is 13.3 Å². The van der Waals surface area contributed by atoms with Crippen LogP contribution in [0.25, 0.3) is 11.1 Å². The monoisotopic (exact) mass is 360 g/mol. The summed E-state index contributed by atoms with van der Waals surface area (Å²) in [6, 6.07) is 11.3. The molecular formula is C20H21ClO4. The minimum atomic E-state index is 0.00999. The Bertz CT molecular complexity index is 757. The third-order valence-electron chi connectivity index (χ3n) is 3.95. The number of benzene rings is 2.